The van der Waals surface area contributed by atoms with Crippen LogP contribution in [0.15, 0.2) is 102 Å². The van der Waals surface area contributed by atoms with Gasteiger partial charge in [-0.15, -0.1) is 0 Å². The summed E-state index contributed by atoms with van der Waals surface area (Å²) in [6.45, 7) is 4.79. The van der Waals surface area contributed by atoms with E-state index in [1.54, 1.807) is 36.4 Å². The highest BCUT2D eigenvalue weighted by molar-refractivity contribution is 7.92. The van der Waals surface area contributed by atoms with E-state index in [0.29, 0.717) is 10.6 Å². The average molecular weight is 722 g/mol. The van der Waals surface area contributed by atoms with E-state index in [4.69, 9.17) is 46.4 Å². The van der Waals surface area contributed by atoms with Gasteiger partial charge >= 0.3 is 0 Å². The second-order valence-electron chi connectivity index (χ2n) is 11.7. The zero-order valence-corrected chi connectivity index (χ0v) is 29.2. The monoisotopic (exact) mass is 719 g/mol. The Morgan fingerprint density at radius 2 is 1.35 bits per heavy atom. The highest BCUT2D eigenvalue weighted by Gasteiger charge is 2.36. The first-order valence-corrected chi connectivity index (χ1v) is 17.2. The molecule has 0 aromatic heterocycles. The molecule has 4 aromatic carbocycles. The molecule has 1 atom stereocenters. The number of hydrogen-bond acceptors (Lipinski definition) is 4. The first kappa shape index (κ1) is 35.6. The van der Waals surface area contributed by atoms with Crippen molar-refractivity contribution >= 4 is 73.9 Å². The average Bonchev–Trinajstić information content (AvgIpc) is 2.98. The molecule has 0 unspecified atom stereocenters. The molecule has 242 valence electrons. The Labute approximate surface area is 290 Å². The summed E-state index contributed by atoms with van der Waals surface area (Å²) in [5.74, 6) is -1.06. The second-order valence-corrected chi connectivity index (χ2v) is 15.2. The largest absolute Gasteiger partial charge is 0.350 e. The van der Waals surface area contributed by atoms with Crippen LogP contribution in [0.4, 0.5) is 5.69 Å². The van der Waals surface area contributed by atoms with Crippen LogP contribution >= 0.6 is 46.4 Å². The summed E-state index contributed by atoms with van der Waals surface area (Å²) in [5.41, 5.74) is 0.860. The molecule has 7 nitrogen and oxygen atoms in total. The zero-order valence-electron chi connectivity index (χ0n) is 25.4. The second kappa shape index (κ2) is 15.1. The van der Waals surface area contributed by atoms with Gasteiger partial charge in [-0.25, -0.2) is 8.42 Å². The van der Waals surface area contributed by atoms with E-state index in [2.05, 4.69) is 5.32 Å². The number of hydrogen-bond donors (Lipinski definition) is 1. The van der Waals surface area contributed by atoms with Gasteiger partial charge in [0.25, 0.3) is 10.0 Å². The Hall–Kier alpha value is -3.27. The van der Waals surface area contributed by atoms with Gasteiger partial charge in [0.15, 0.2) is 0 Å². The van der Waals surface area contributed by atoms with Crippen molar-refractivity contribution in [2.24, 2.45) is 0 Å². The molecule has 0 radical (unpaired) electrons. The standard InChI is InChI=1S/C34H33Cl4N3O4S/c1-34(2,3)39-33(43)31(17-23-10-6-4-7-11-23)40(21-24-14-15-29(37)30(38)16-24)32(42)22-41(27-19-25(35)18-26(36)20-27)46(44,45)28-12-8-5-9-13-28/h4-16,18-20,31H,17,21-22H2,1-3H3,(H,39,43)/t31-/m0/s1. The molecular formula is C34H33Cl4N3O4S. The van der Waals surface area contributed by atoms with Crippen molar-refractivity contribution < 1.29 is 18.0 Å². The van der Waals surface area contributed by atoms with Gasteiger partial charge in [-0.3, -0.25) is 13.9 Å². The Balaban J connectivity index is 1.85. The van der Waals surface area contributed by atoms with Crippen LogP contribution < -0.4 is 9.62 Å². The number of anilines is 1. The number of amides is 2. The van der Waals surface area contributed by atoms with Gasteiger partial charge in [-0.05, 0) is 74.4 Å². The molecule has 0 fully saturated rings. The number of rotatable bonds is 11. The minimum atomic E-state index is -4.31. The van der Waals surface area contributed by atoms with Gasteiger partial charge < -0.3 is 10.2 Å². The first-order chi connectivity index (χ1) is 21.6. The van der Waals surface area contributed by atoms with Crippen LogP contribution in [-0.4, -0.2) is 43.3 Å². The molecule has 1 N–H and O–H groups in total. The van der Waals surface area contributed by atoms with Crippen LogP contribution in [0.3, 0.4) is 0 Å². The summed E-state index contributed by atoms with van der Waals surface area (Å²) >= 11 is 25.1. The quantitative estimate of drug-likeness (QED) is 0.170. The predicted octanol–water partition coefficient (Wildman–Crippen LogP) is 8.05. The molecule has 46 heavy (non-hydrogen) atoms. The van der Waals surface area contributed by atoms with Crippen molar-refractivity contribution in [3.05, 3.63) is 128 Å². The molecule has 0 bridgehead atoms. The van der Waals surface area contributed by atoms with E-state index in [9.17, 15) is 18.0 Å². The number of nitrogens with one attached hydrogen (secondary N) is 1. The smallest absolute Gasteiger partial charge is 0.264 e. The third-order valence-corrected chi connectivity index (χ3v) is 9.82. The molecule has 4 aromatic rings. The lowest BCUT2D eigenvalue weighted by atomic mass is 10.0. The molecule has 2 amide bonds. The van der Waals surface area contributed by atoms with Crippen molar-refractivity contribution in [3.63, 3.8) is 0 Å². The maximum atomic E-state index is 14.5. The topological polar surface area (TPSA) is 86.8 Å². The summed E-state index contributed by atoms with van der Waals surface area (Å²) < 4.78 is 29.1. The van der Waals surface area contributed by atoms with Crippen molar-refractivity contribution in [2.75, 3.05) is 10.8 Å². The van der Waals surface area contributed by atoms with E-state index >= 15 is 0 Å². The van der Waals surface area contributed by atoms with Gasteiger partial charge in [0.2, 0.25) is 11.8 Å². The van der Waals surface area contributed by atoms with Gasteiger partial charge in [0.1, 0.15) is 12.6 Å². The van der Waals surface area contributed by atoms with Gasteiger partial charge in [0, 0.05) is 28.5 Å². The van der Waals surface area contributed by atoms with E-state index < -0.39 is 40.0 Å². The molecule has 0 heterocycles. The zero-order chi connectivity index (χ0) is 33.6. The molecule has 0 spiro atoms. The van der Waals surface area contributed by atoms with Gasteiger partial charge in [-0.2, -0.15) is 0 Å². The Morgan fingerprint density at radius 1 is 0.761 bits per heavy atom. The number of benzene rings is 4. The molecule has 0 aliphatic rings. The molecule has 0 saturated carbocycles. The van der Waals surface area contributed by atoms with E-state index in [1.807, 2.05) is 51.1 Å². The SMILES string of the molecule is CC(C)(C)NC(=O)[C@H](Cc1ccccc1)N(Cc1ccc(Cl)c(Cl)c1)C(=O)CN(c1cc(Cl)cc(Cl)c1)S(=O)(=O)c1ccccc1. The van der Waals surface area contributed by atoms with Crippen LogP contribution in [0.25, 0.3) is 0 Å². The summed E-state index contributed by atoms with van der Waals surface area (Å²) in [6, 6.07) is 25.2. The highest BCUT2D eigenvalue weighted by atomic mass is 35.5. The van der Waals surface area contributed by atoms with Crippen molar-refractivity contribution in [1.29, 1.82) is 0 Å². The Kier molecular flexibility index (Phi) is 11.7. The molecule has 0 aliphatic carbocycles. The molecular weight excluding hydrogens is 688 g/mol. The number of carbonyl (C=O) groups excluding carboxylic acids is 2. The molecule has 0 aliphatic heterocycles. The lowest BCUT2D eigenvalue weighted by Gasteiger charge is -2.35. The Bertz CT molecular complexity index is 1780. The summed E-state index contributed by atoms with van der Waals surface area (Å²) in [6.07, 6.45) is 0.157. The van der Waals surface area contributed by atoms with Crippen LogP contribution in [0.2, 0.25) is 20.1 Å². The third kappa shape index (κ3) is 9.39. The van der Waals surface area contributed by atoms with Crippen molar-refractivity contribution in [3.8, 4) is 0 Å². The van der Waals surface area contributed by atoms with E-state index in [0.717, 1.165) is 9.87 Å². The predicted molar refractivity (Wildman–Crippen MR) is 186 cm³/mol. The summed E-state index contributed by atoms with van der Waals surface area (Å²) in [4.78, 5) is 29.8. The summed E-state index contributed by atoms with van der Waals surface area (Å²) in [5, 5.41) is 3.95. The Morgan fingerprint density at radius 3 is 1.91 bits per heavy atom. The minimum Gasteiger partial charge on any atom is -0.350 e. The number of halogens is 4. The minimum absolute atomic E-state index is 0.0405. The fourth-order valence-corrected chi connectivity index (χ4v) is 7.03. The maximum absolute atomic E-state index is 14.5. The lowest BCUT2D eigenvalue weighted by Crippen LogP contribution is -2.56. The van der Waals surface area contributed by atoms with Crippen LogP contribution in [-0.2, 0) is 32.6 Å². The fourth-order valence-electron chi connectivity index (χ4n) is 4.77. The van der Waals surface area contributed by atoms with Gasteiger partial charge in [-0.1, -0.05) is 101 Å². The van der Waals surface area contributed by atoms with Crippen molar-refractivity contribution in [2.45, 2.75) is 50.2 Å². The van der Waals surface area contributed by atoms with Crippen LogP contribution in [0.5, 0.6) is 0 Å². The first-order valence-electron chi connectivity index (χ1n) is 14.3. The third-order valence-electron chi connectivity index (χ3n) is 6.85. The molecule has 0 saturated heterocycles. The number of nitrogens with zero attached hydrogens (tertiary/aromatic N) is 2. The van der Waals surface area contributed by atoms with Crippen LogP contribution in [0.1, 0.15) is 31.9 Å². The lowest BCUT2D eigenvalue weighted by molar-refractivity contribution is -0.140. The highest BCUT2D eigenvalue weighted by Crippen LogP contribution is 2.31. The van der Waals surface area contributed by atoms with Gasteiger partial charge in [0.05, 0.1) is 20.6 Å². The summed E-state index contributed by atoms with van der Waals surface area (Å²) in [7, 11) is -4.31. The molecule has 12 heteroatoms. The normalized spacial score (nSPS) is 12.3. The van der Waals surface area contributed by atoms with E-state index in [-0.39, 0.29) is 38.6 Å². The fraction of sp³-hybridized carbons (Fsp3) is 0.235. The maximum Gasteiger partial charge on any atom is 0.264 e. The number of carbonyl (C=O) groups is 2. The van der Waals surface area contributed by atoms with Crippen LogP contribution in [0, 0.1) is 0 Å². The van der Waals surface area contributed by atoms with E-state index in [1.165, 1.54) is 35.2 Å². The number of sulfonamides is 1. The molecule has 4 rings (SSSR count). The van der Waals surface area contributed by atoms with Crippen molar-refractivity contribution in [1.82, 2.24) is 10.2 Å².